The van der Waals surface area contributed by atoms with Crippen molar-refractivity contribution in [2.75, 3.05) is 0 Å². The van der Waals surface area contributed by atoms with Gasteiger partial charge in [-0.25, -0.2) is 4.39 Å². The first-order valence-electron chi connectivity index (χ1n) is 6.01. The quantitative estimate of drug-likeness (QED) is 0.745. The maximum Gasteiger partial charge on any atom is 0.416 e. The second kappa shape index (κ2) is 5.77. The number of benzene rings is 2. The van der Waals surface area contributed by atoms with E-state index in [-0.39, 0.29) is 0 Å². The third-order valence-corrected chi connectivity index (χ3v) is 3.84. The van der Waals surface area contributed by atoms with Crippen molar-refractivity contribution >= 4 is 15.9 Å². The number of hydrogen-bond donors (Lipinski definition) is 1. The van der Waals surface area contributed by atoms with Gasteiger partial charge in [0, 0.05) is 4.47 Å². The maximum absolute atomic E-state index is 13.0. The molecule has 0 spiro atoms. The first-order chi connectivity index (χ1) is 9.70. The SMILES string of the molecule is Cc1cc(C(F)(F)F)ccc1C(O)c1ccc(F)cc1Br. The number of alkyl halides is 3. The second-order valence-electron chi connectivity index (χ2n) is 4.64. The highest BCUT2D eigenvalue weighted by Crippen LogP contribution is 2.34. The Kier molecular flexibility index (Phi) is 4.39. The van der Waals surface area contributed by atoms with Crippen molar-refractivity contribution in [1.82, 2.24) is 0 Å². The summed E-state index contributed by atoms with van der Waals surface area (Å²) in [6.45, 7) is 1.49. The van der Waals surface area contributed by atoms with Crippen molar-refractivity contribution in [2.24, 2.45) is 0 Å². The summed E-state index contributed by atoms with van der Waals surface area (Å²) in [6, 6.07) is 6.90. The van der Waals surface area contributed by atoms with Gasteiger partial charge >= 0.3 is 6.18 Å². The molecule has 1 atom stereocenters. The lowest BCUT2D eigenvalue weighted by atomic mass is 9.96. The summed E-state index contributed by atoms with van der Waals surface area (Å²) in [6.07, 6.45) is -5.56. The van der Waals surface area contributed by atoms with Gasteiger partial charge in [-0.15, -0.1) is 0 Å². The lowest BCUT2D eigenvalue weighted by molar-refractivity contribution is -0.137. The Morgan fingerprint density at radius 1 is 1.05 bits per heavy atom. The van der Waals surface area contributed by atoms with Crippen molar-refractivity contribution in [3.8, 4) is 0 Å². The van der Waals surface area contributed by atoms with Crippen molar-refractivity contribution in [3.63, 3.8) is 0 Å². The Morgan fingerprint density at radius 2 is 1.67 bits per heavy atom. The third-order valence-electron chi connectivity index (χ3n) is 3.15. The lowest BCUT2D eigenvalue weighted by Crippen LogP contribution is -2.08. The van der Waals surface area contributed by atoms with Gasteiger partial charge in [0.15, 0.2) is 0 Å². The van der Waals surface area contributed by atoms with Crippen LogP contribution in [0.25, 0.3) is 0 Å². The van der Waals surface area contributed by atoms with E-state index in [0.29, 0.717) is 21.2 Å². The Hall–Kier alpha value is -1.40. The fourth-order valence-electron chi connectivity index (χ4n) is 2.05. The van der Waals surface area contributed by atoms with E-state index in [9.17, 15) is 22.7 Å². The highest BCUT2D eigenvalue weighted by atomic mass is 79.9. The summed E-state index contributed by atoms with van der Waals surface area (Å²) in [5.74, 6) is -0.470. The summed E-state index contributed by atoms with van der Waals surface area (Å²) >= 11 is 3.14. The monoisotopic (exact) mass is 362 g/mol. The summed E-state index contributed by atoms with van der Waals surface area (Å²) in [7, 11) is 0. The van der Waals surface area contributed by atoms with Crippen LogP contribution in [0.15, 0.2) is 40.9 Å². The van der Waals surface area contributed by atoms with Crippen LogP contribution in [0.4, 0.5) is 17.6 Å². The highest BCUT2D eigenvalue weighted by molar-refractivity contribution is 9.10. The molecule has 0 amide bonds. The Labute approximate surface area is 127 Å². The normalized spacial score (nSPS) is 13.3. The molecule has 0 aliphatic heterocycles. The van der Waals surface area contributed by atoms with Gasteiger partial charge in [0.1, 0.15) is 11.9 Å². The molecule has 1 nitrogen and oxygen atoms in total. The van der Waals surface area contributed by atoms with E-state index < -0.39 is 23.7 Å². The standard InChI is InChI=1S/C15H11BrF4O/c1-8-6-9(15(18,19)20)2-4-11(8)14(21)12-5-3-10(17)7-13(12)16/h2-7,14,21H,1H3. The minimum atomic E-state index is -4.43. The van der Waals surface area contributed by atoms with Crippen LogP contribution in [0.3, 0.4) is 0 Å². The van der Waals surface area contributed by atoms with E-state index in [1.165, 1.54) is 31.2 Å². The van der Waals surface area contributed by atoms with E-state index in [0.717, 1.165) is 12.1 Å². The molecule has 0 aliphatic rings. The molecule has 0 bridgehead atoms. The summed E-state index contributed by atoms with van der Waals surface area (Å²) in [5.41, 5.74) is 0.275. The van der Waals surface area contributed by atoms with Crippen LogP contribution >= 0.6 is 15.9 Å². The molecule has 2 rings (SSSR count). The van der Waals surface area contributed by atoms with E-state index in [1.54, 1.807) is 0 Å². The van der Waals surface area contributed by atoms with Gasteiger partial charge in [-0.05, 0) is 47.9 Å². The average molecular weight is 363 g/mol. The Morgan fingerprint density at radius 3 is 2.19 bits per heavy atom. The van der Waals surface area contributed by atoms with Crippen LogP contribution in [-0.2, 0) is 6.18 Å². The molecule has 0 aliphatic carbocycles. The van der Waals surface area contributed by atoms with E-state index >= 15 is 0 Å². The Bertz CT molecular complexity index is 667. The van der Waals surface area contributed by atoms with Crippen LogP contribution in [0, 0.1) is 12.7 Å². The van der Waals surface area contributed by atoms with Gasteiger partial charge in [-0.3, -0.25) is 0 Å². The lowest BCUT2D eigenvalue weighted by Gasteiger charge is -2.17. The second-order valence-corrected chi connectivity index (χ2v) is 5.49. The fraction of sp³-hybridized carbons (Fsp3) is 0.200. The number of aliphatic hydroxyl groups excluding tert-OH is 1. The summed E-state index contributed by atoms with van der Waals surface area (Å²) in [5, 5.41) is 10.3. The van der Waals surface area contributed by atoms with E-state index in [1.807, 2.05) is 0 Å². The number of aliphatic hydroxyl groups is 1. The first kappa shape index (κ1) is 16.0. The van der Waals surface area contributed by atoms with Gasteiger partial charge in [-0.1, -0.05) is 28.1 Å². The van der Waals surface area contributed by atoms with Gasteiger partial charge in [0.25, 0.3) is 0 Å². The summed E-state index contributed by atoms with van der Waals surface area (Å²) in [4.78, 5) is 0. The predicted octanol–water partition coefficient (Wildman–Crippen LogP) is 5.00. The Balaban J connectivity index is 2.42. The topological polar surface area (TPSA) is 20.2 Å². The molecule has 0 fully saturated rings. The van der Waals surface area contributed by atoms with Crippen LogP contribution in [0.5, 0.6) is 0 Å². The van der Waals surface area contributed by atoms with Crippen LogP contribution < -0.4 is 0 Å². The zero-order chi connectivity index (χ0) is 15.8. The van der Waals surface area contributed by atoms with Crippen LogP contribution in [-0.4, -0.2) is 5.11 Å². The molecule has 112 valence electrons. The molecule has 0 heterocycles. The number of rotatable bonds is 2. The largest absolute Gasteiger partial charge is 0.416 e. The maximum atomic E-state index is 13.0. The van der Waals surface area contributed by atoms with E-state index in [2.05, 4.69) is 15.9 Å². The smallest absolute Gasteiger partial charge is 0.384 e. The van der Waals surface area contributed by atoms with Crippen molar-refractivity contribution in [2.45, 2.75) is 19.2 Å². The molecule has 0 saturated carbocycles. The summed E-state index contributed by atoms with van der Waals surface area (Å²) < 4.78 is 51.3. The highest BCUT2D eigenvalue weighted by Gasteiger charge is 2.31. The fourth-order valence-corrected chi connectivity index (χ4v) is 2.62. The van der Waals surface area contributed by atoms with Crippen LogP contribution in [0.1, 0.15) is 28.4 Å². The minimum absolute atomic E-state index is 0.313. The molecule has 0 aromatic heterocycles. The molecule has 2 aromatic rings. The molecule has 1 unspecified atom stereocenters. The van der Waals surface area contributed by atoms with E-state index in [4.69, 9.17) is 0 Å². The third kappa shape index (κ3) is 3.44. The molecule has 21 heavy (non-hydrogen) atoms. The number of hydrogen-bond acceptors (Lipinski definition) is 1. The molecular weight excluding hydrogens is 352 g/mol. The van der Waals surface area contributed by atoms with Gasteiger partial charge in [0.05, 0.1) is 5.56 Å². The number of halogens is 5. The van der Waals surface area contributed by atoms with Gasteiger partial charge in [0.2, 0.25) is 0 Å². The van der Waals surface area contributed by atoms with Gasteiger partial charge in [-0.2, -0.15) is 13.2 Å². The number of aryl methyl sites for hydroxylation is 1. The molecule has 2 aromatic carbocycles. The van der Waals surface area contributed by atoms with Gasteiger partial charge < -0.3 is 5.11 Å². The van der Waals surface area contributed by atoms with Crippen molar-refractivity contribution in [3.05, 3.63) is 68.9 Å². The van der Waals surface area contributed by atoms with Crippen LogP contribution in [0.2, 0.25) is 0 Å². The minimum Gasteiger partial charge on any atom is -0.384 e. The predicted molar refractivity (Wildman–Crippen MR) is 74.3 cm³/mol. The van der Waals surface area contributed by atoms with Crippen molar-refractivity contribution in [1.29, 1.82) is 0 Å². The molecule has 1 N–H and O–H groups in total. The molecule has 6 heteroatoms. The first-order valence-corrected chi connectivity index (χ1v) is 6.80. The molecule has 0 saturated heterocycles. The molecule has 0 radical (unpaired) electrons. The molecular formula is C15H11BrF4O. The zero-order valence-electron chi connectivity index (χ0n) is 10.9. The average Bonchev–Trinajstić information content (AvgIpc) is 2.36. The zero-order valence-corrected chi connectivity index (χ0v) is 12.5. The van der Waals surface area contributed by atoms with Crippen molar-refractivity contribution < 1.29 is 22.7 Å².